The third-order valence-corrected chi connectivity index (χ3v) is 3.05. The minimum Gasteiger partial charge on any atom is -0.508 e. The topological polar surface area (TPSA) is 82.3 Å². The van der Waals surface area contributed by atoms with Gasteiger partial charge >= 0.3 is 0 Å². The highest BCUT2D eigenvalue weighted by molar-refractivity contribution is 6.09. The van der Waals surface area contributed by atoms with Gasteiger partial charge in [0.25, 0.3) is 5.91 Å². The van der Waals surface area contributed by atoms with E-state index >= 15 is 0 Å². The second kappa shape index (κ2) is 8.20. The molecule has 2 N–H and O–H groups in total. The Hall–Kier alpha value is -3.52. The van der Waals surface area contributed by atoms with E-state index < -0.39 is 5.91 Å². The summed E-state index contributed by atoms with van der Waals surface area (Å²) in [5, 5.41) is 21.0. The maximum Gasteiger partial charge on any atom is 0.266 e. The van der Waals surface area contributed by atoms with Crippen LogP contribution in [0.5, 0.6) is 11.5 Å². The first-order chi connectivity index (χ1) is 11.6. The number of rotatable bonds is 6. The molecule has 0 aromatic heterocycles. The van der Waals surface area contributed by atoms with Crippen molar-refractivity contribution in [3.8, 4) is 17.6 Å². The second-order valence-corrected chi connectivity index (χ2v) is 4.84. The predicted molar refractivity (Wildman–Crippen MR) is 92.5 cm³/mol. The van der Waals surface area contributed by atoms with Crippen LogP contribution in [-0.4, -0.2) is 17.6 Å². The quantitative estimate of drug-likeness (QED) is 0.369. The van der Waals surface area contributed by atoms with Gasteiger partial charge in [-0.2, -0.15) is 5.26 Å². The summed E-state index contributed by atoms with van der Waals surface area (Å²) < 4.78 is 5.37. The molecule has 0 spiro atoms. The first kappa shape index (κ1) is 16.8. The summed E-state index contributed by atoms with van der Waals surface area (Å²) >= 11 is 0. The average Bonchev–Trinajstić information content (AvgIpc) is 2.60. The first-order valence-corrected chi connectivity index (χ1v) is 7.18. The summed E-state index contributed by atoms with van der Waals surface area (Å²) in [6, 6.07) is 14.9. The highest BCUT2D eigenvalue weighted by atomic mass is 16.5. The molecule has 0 aliphatic rings. The molecule has 0 radical (unpaired) electrons. The molecule has 5 nitrogen and oxygen atoms in total. The molecular weight excluding hydrogens is 304 g/mol. The van der Waals surface area contributed by atoms with Crippen molar-refractivity contribution in [2.45, 2.75) is 0 Å². The SMILES string of the molecule is C=CCOc1ccc(/C=C(\C#N)C(=O)Nc2ccc(O)cc2)cc1. The number of anilines is 1. The van der Waals surface area contributed by atoms with E-state index in [1.54, 1.807) is 42.5 Å². The highest BCUT2D eigenvalue weighted by Gasteiger charge is 2.09. The number of aromatic hydroxyl groups is 1. The molecule has 0 aliphatic carbocycles. The van der Waals surface area contributed by atoms with Crippen LogP contribution in [0.2, 0.25) is 0 Å². The Morgan fingerprint density at radius 1 is 1.21 bits per heavy atom. The lowest BCUT2D eigenvalue weighted by molar-refractivity contribution is -0.112. The van der Waals surface area contributed by atoms with Crippen molar-refractivity contribution in [3.05, 3.63) is 72.3 Å². The van der Waals surface area contributed by atoms with Crippen molar-refractivity contribution < 1.29 is 14.6 Å². The molecule has 2 rings (SSSR count). The molecule has 2 aromatic carbocycles. The fraction of sp³-hybridized carbons (Fsp3) is 0.0526. The summed E-state index contributed by atoms with van der Waals surface area (Å²) in [5.74, 6) is 0.261. The number of nitrogens with one attached hydrogen (secondary N) is 1. The number of carbonyl (C=O) groups excluding carboxylic acids is 1. The van der Waals surface area contributed by atoms with E-state index in [1.807, 2.05) is 6.07 Å². The number of carbonyl (C=O) groups is 1. The van der Waals surface area contributed by atoms with Crippen molar-refractivity contribution in [3.63, 3.8) is 0 Å². The summed E-state index contributed by atoms with van der Waals surface area (Å²) in [7, 11) is 0. The smallest absolute Gasteiger partial charge is 0.266 e. The van der Waals surface area contributed by atoms with E-state index in [2.05, 4.69) is 11.9 Å². The van der Waals surface area contributed by atoms with Crippen LogP contribution in [0.25, 0.3) is 6.08 Å². The molecule has 5 heteroatoms. The van der Waals surface area contributed by atoms with Crippen LogP contribution in [-0.2, 0) is 4.79 Å². The zero-order valence-electron chi connectivity index (χ0n) is 12.9. The largest absolute Gasteiger partial charge is 0.508 e. The zero-order valence-corrected chi connectivity index (χ0v) is 12.9. The molecule has 1 amide bonds. The predicted octanol–water partition coefficient (Wildman–Crippen LogP) is 3.50. The lowest BCUT2D eigenvalue weighted by Gasteiger charge is -2.05. The third-order valence-electron chi connectivity index (χ3n) is 3.05. The number of phenolic OH excluding ortho intramolecular Hbond substituents is 1. The van der Waals surface area contributed by atoms with Crippen LogP contribution in [0, 0.1) is 11.3 Å². The normalized spacial score (nSPS) is 10.5. The molecule has 0 heterocycles. The second-order valence-electron chi connectivity index (χ2n) is 4.84. The molecule has 0 bridgehead atoms. The number of hydrogen-bond donors (Lipinski definition) is 2. The Morgan fingerprint density at radius 3 is 2.46 bits per heavy atom. The summed E-state index contributed by atoms with van der Waals surface area (Å²) in [6.45, 7) is 3.98. The average molecular weight is 320 g/mol. The maximum absolute atomic E-state index is 12.1. The van der Waals surface area contributed by atoms with E-state index in [0.29, 0.717) is 23.6 Å². The third kappa shape index (κ3) is 4.75. The number of amides is 1. The van der Waals surface area contributed by atoms with Gasteiger partial charge in [-0.15, -0.1) is 0 Å². The number of phenols is 1. The van der Waals surface area contributed by atoms with E-state index in [9.17, 15) is 15.2 Å². The minimum absolute atomic E-state index is 0.0252. The van der Waals surface area contributed by atoms with Gasteiger partial charge in [0.05, 0.1) is 0 Å². The van der Waals surface area contributed by atoms with Crippen LogP contribution in [0.1, 0.15) is 5.56 Å². The lowest BCUT2D eigenvalue weighted by atomic mass is 10.1. The molecule has 2 aromatic rings. The first-order valence-electron chi connectivity index (χ1n) is 7.18. The highest BCUT2D eigenvalue weighted by Crippen LogP contribution is 2.17. The lowest BCUT2D eigenvalue weighted by Crippen LogP contribution is -2.13. The minimum atomic E-state index is -0.518. The Labute approximate surface area is 140 Å². The van der Waals surface area contributed by atoms with Crippen molar-refractivity contribution in [1.29, 1.82) is 5.26 Å². The molecule has 0 unspecified atom stereocenters. The van der Waals surface area contributed by atoms with Crippen molar-refractivity contribution in [2.24, 2.45) is 0 Å². The summed E-state index contributed by atoms with van der Waals surface area (Å²) in [5.41, 5.74) is 1.17. The molecule has 120 valence electrons. The van der Waals surface area contributed by atoms with Gasteiger partial charge in [0, 0.05) is 5.69 Å². The maximum atomic E-state index is 12.1. The van der Waals surface area contributed by atoms with Gasteiger partial charge in [0.2, 0.25) is 0 Å². The fourth-order valence-corrected chi connectivity index (χ4v) is 1.87. The van der Waals surface area contributed by atoms with Crippen molar-refractivity contribution in [1.82, 2.24) is 0 Å². The van der Waals surface area contributed by atoms with Gasteiger partial charge in [0.1, 0.15) is 29.7 Å². The van der Waals surface area contributed by atoms with Gasteiger partial charge in [-0.3, -0.25) is 4.79 Å². The van der Waals surface area contributed by atoms with Crippen LogP contribution in [0.15, 0.2) is 66.8 Å². The van der Waals surface area contributed by atoms with E-state index in [-0.39, 0.29) is 11.3 Å². The van der Waals surface area contributed by atoms with Crippen LogP contribution in [0.4, 0.5) is 5.69 Å². The van der Waals surface area contributed by atoms with E-state index in [0.717, 1.165) is 0 Å². The molecule has 0 fully saturated rings. The van der Waals surface area contributed by atoms with Crippen LogP contribution in [0.3, 0.4) is 0 Å². The van der Waals surface area contributed by atoms with Gasteiger partial charge in [-0.05, 0) is 48.0 Å². The van der Waals surface area contributed by atoms with Gasteiger partial charge in [-0.1, -0.05) is 24.8 Å². The summed E-state index contributed by atoms with van der Waals surface area (Å²) in [6.07, 6.45) is 3.14. The van der Waals surface area contributed by atoms with Gasteiger partial charge < -0.3 is 15.2 Å². The molecule has 0 aliphatic heterocycles. The number of ether oxygens (including phenoxy) is 1. The monoisotopic (exact) mass is 320 g/mol. The molecule has 0 saturated heterocycles. The number of nitriles is 1. The van der Waals surface area contributed by atoms with Crippen molar-refractivity contribution >= 4 is 17.7 Å². The fourth-order valence-electron chi connectivity index (χ4n) is 1.87. The number of hydrogen-bond acceptors (Lipinski definition) is 4. The van der Waals surface area contributed by atoms with E-state index in [4.69, 9.17) is 4.74 Å². The van der Waals surface area contributed by atoms with Crippen molar-refractivity contribution in [2.75, 3.05) is 11.9 Å². The Balaban J connectivity index is 2.10. The Morgan fingerprint density at radius 2 is 1.88 bits per heavy atom. The molecular formula is C19H16N2O3. The standard InChI is InChI=1S/C19H16N2O3/c1-2-11-24-18-9-3-14(4-10-18)12-15(13-20)19(23)21-16-5-7-17(22)8-6-16/h2-10,12,22H,1,11H2,(H,21,23)/b15-12+. The Kier molecular flexibility index (Phi) is 5.76. The van der Waals surface area contributed by atoms with Gasteiger partial charge in [0.15, 0.2) is 0 Å². The number of nitrogens with zero attached hydrogens (tertiary/aromatic N) is 1. The molecule has 0 saturated carbocycles. The zero-order chi connectivity index (χ0) is 17.4. The van der Waals surface area contributed by atoms with Crippen LogP contribution < -0.4 is 10.1 Å². The number of benzene rings is 2. The molecule has 0 atom stereocenters. The summed E-state index contributed by atoms with van der Waals surface area (Å²) in [4.78, 5) is 12.1. The van der Waals surface area contributed by atoms with E-state index in [1.165, 1.54) is 18.2 Å². The van der Waals surface area contributed by atoms with Crippen LogP contribution >= 0.6 is 0 Å². The van der Waals surface area contributed by atoms with Gasteiger partial charge in [-0.25, -0.2) is 0 Å². The Bertz CT molecular complexity index is 785. The molecule has 24 heavy (non-hydrogen) atoms.